The van der Waals surface area contributed by atoms with Crippen molar-refractivity contribution in [2.75, 3.05) is 5.32 Å². The second-order valence-electron chi connectivity index (χ2n) is 5.90. The van der Waals surface area contributed by atoms with Crippen molar-refractivity contribution >= 4 is 17.6 Å². The molecular weight excluding hydrogens is 290 g/mol. The molecule has 0 saturated heterocycles. The maximum atomic E-state index is 12.6. The number of hydrogen-bond donors (Lipinski definition) is 2. The van der Waals surface area contributed by atoms with Gasteiger partial charge in [-0.1, -0.05) is 36.4 Å². The van der Waals surface area contributed by atoms with E-state index in [9.17, 15) is 9.59 Å². The Kier molecular flexibility index (Phi) is 4.42. The lowest BCUT2D eigenvalue weighted by Gasteiger charge is -2.24. The Balaban J connectivity index is 1.76. The Hall–Kier alpha value is -2.62. The standard InChI is InChI=1S/C19H19NO3/c21-18(22)12-13-5-3-8-15(11-13)20-19(23)17-10-4-7-14-6-1-2-9-16(14)17/h1-3,5-6,8-9,11,17H,4,7,10,12H2,(H,20,23)(H,21,22). The van der Waals surface area contributed by atoms with E-state index in [4.69, 9.17) is 5.11 Å². The number of carboxylic acids is 1. The number of anilines is 1. The molecule has 0 saturated carbocycles. The summed E-state index contributed by atoms with van der Waals surface area (Å²) in [6.07, 6.45) is 2.83. The van der Waals surface area contributed by atoms with E-state index in [-0.39, 0.29) is 18.2 Å². The Morgan fingerprint density at radius 2 is 1.96 bits per heavy atom. The largest absolute Gasteiger partial charge is 0.481 e. The van der Waals surface area contributed by atoms with Gasteiger partial charge in [0.2, 0.25) is 5.91 Å². The van der Waals surface area contributed by atoms with Crippen LogP contribution in [-0.2, 0) is 22.4 Å². The molecule has 1 atom stereocenters. The van der Waals surface area contributed by atoms with Crippen molar-refractivity contribution in [3.63, 3.8) is 0 Å². The van der Waals surface area contributed by atoms with Crippen LogP contribution in [0.4, 0.5) is 5.69 Å². The number of rotatable bonds is 4. The summed E-state index contributed by atoms with van der Waals surface area (Å²) < 4.78 is 0. The topological polar surface area (TPSA) is 66.4 Å². The molecule has 2 aromatic rings. The molecule has 3 rings (SSSR count). The zero-order chi connectivity index (χ0) is 16.2. The molecule has 0 aromatic heterocycles. The number of hydrogen-bond acceptors (Lipinski definition) is 2. The van der Waals surface area contributed by atoms with Gasteiger partial charge in [0, 0.05) is 5.69 Å². The van der Waals surface area contributed by atoms with Crippen LogP contribution in [0.15, 0.2) is 48.5 Å². The fourth-order valence-corrected chi connectivity index (χ4v) is 3.19. The lowest BCUT2D eigenvalue weighted by molar-refractivity contribution is -0.136. The van der Waals surface area contributed by atoms with Crippen molar-refractivity contribution in [2.45, 2.75) is 31.6 Å². The zero-order valence-electron chi connectivity index (χ0n) is 12.8. The third kappa shape index (κ3) is 3.59. The Morgan fingerprint density at radius 3 is 2.78 bits per heavy atom. The Bertz CT molecular complexity index is 739. The summed E-state index contributed by atoms with van der Waals surface area (Å²) in [5.74, 6) is -1.04. The van der Waals surface area contributed by atoms with Gasteiger partial charge in [0.25, 0.3) is 0 Å². The highest BCUT2D eigenvalue weighted by atomic mass is 16.4. The summed E-state index contributed by atoms with van der Waals surface area (Å²) in [7, 11) is 0. The number of carbonyl (C=O) groups is 2. The van der Waals surface area contributed by atoms with E-state index in [1.807, 2.05) is 18.2 Å². The summed E-state index contributed by atoms with van der Waals surface area (Å²) in [5, 5.41) is 11.8. The van der Waals surface area contributed by atoms with Crippen LogP contribution in [0.25, 0.3) is 0 Å². The SMILES string of the molecule is O=C(O)Cc1cccc(NC(=O)C2CCCc3ccccc32)c1. The van der Waals surface area contributed by atoms with E-state index in [1.165, 1.54) is 5.56 Å². The smallest absolute Gasteiger partial charge is 0.307 e. The van der Waals surface area contributed by atoms with E-state index in [0.717, 1.165) is 24.8 Å². The van der Waals surface area contributed by atoms with E-state index in [1.54, 1.807) is 24.3 Å². The second kappa shape index (κ2) is 6.65. The molecule has 4 heteroatoms. The number of aryl methyl sites for hydroxylation is 1. The number of carboxylic acid groups (broad SMARTS) is 1. The number of carbonyl (C=O) groups excluding carboxylic acids is 1. The molecule has 1 amide bonds. The first-order valence-corrected chi connectivity index (χ1v) is 7.83. The fourth-order valence-electron chi connectivity index (χ4n) is 3.19. The molecule has 0 bridgehead atoms. The summed E-state index contributed by atoms with van der Waals surface area (Å²) in [5.41, 5.74) is 3.69. The fraction of sp³-hybridized carbons (Fsp3) is 0.263. The summed E-state index contributed by atoms with van der Waals surface area (Å²) in [4.78, 5) is 23.4. The number of benzene rings is 2. The van der Waals surface area contributed by atoms with Gasteiger partial charge >= 0.3 is 5.97 Å². The first-order valence-electron chi connectivity index (χ1n) is 7.83. The molecule has 0 radical (unpaired) electrons. The normalized spacial score (nSPS) is 16.4. The number of aliphatic carboxylic acids is 1. The minimum absolute atomic E-state index is 0.0235. The molecule has 23 heavy (non-hydrogen) atoms. The molecule has 118 valence electrons. The minimum atomic E-state index is -0.880. The van der Waals surface area contributed by atoms with Gasteiger partial charge in [-0.2, -0.15) is 0 Å². The number of fused-ring (bicyclic) bond motifs is 1. The van der Waals surface area contributed by atoms with E-state index < -0.39 is 5.97 Å². The molecule has 2 aromatic carbocycles. The summed E-state index contributed by atoms with van der Waals surface area (Å²) in [6.45, 7) is 0. The van der Waals surface area contributed by atoms with Gasteiger partial charge in [-0.05, 0) is 48.1 Å². The summed E-state index contributed by atoms with van der Waals surface area (Å²) >= 11 is 0. The van der Waals surface area contributed by atoms with Gasteiger partial charge in [-0.15, -0.1) is 0 Å². The molecule has 2 N–H and O–H groups in total. The summed E-state index contributed by atoms with van der Waals surface area (Å²) in [6, 6.07) is 15.1. The van der Waals surface area contributed by atoms with Gasteiger partial charge in [-0.3, -0.25) is 9.59 Å². The molecule has 1 aliphatic rings. The number of amides is 1. The van der Waals surface area contributed by atoms with Crippen LogP contribution in [0.5, 0.6) is 0 Å². The van der Waals surface area contributed by atoms with Crippen molar-refractivity contribution in [3.8, 4) is 0 Å². The molecule has 0 aliphatic heterocycles. The molecular formula is C19H19NO3. The maximum Gasteiger partial charge on any atom is 0.307 e. The lowest BCUT2D eigenvalue weighted by atomic mass is 9.82. The van der Waals surface area contributed by atoms with Crippen LogP contribution in [0.1, 0.15) is 35.4 Å². The van der Waals surface area contributed by atoms with E-state index >= 15 is 0 Å². The van der Waals surface area contributed by atoms with Crippen molar-refractivity contribution < 1.29 is 14.7 Å². The molecule has 0 fully saturated rings. The van der Waals surface area contributed by atoms with Crippen LogP contribution in [0, 0.1) is 0 Å². The predicted molar refractivity (Wildman–Crippen MR) is 88.5 cm³/mol. The molecule has 1 aliphatic carbocycles. The molecule has 4 nitrogen and oxygen atoms in total. The van der Waals surface area contributed by atoms with Gasteiger partial charge in [-0.25, -0.2) is 0 Å². The lowest BCUT2D eigenvalue weighted by Crippen LogP contribution is -2.24. The van der Waals surface area contributed by atoms with Gasteiger partial charge in [0.1, 0.15) is 0 Å². The van der Waals surface area contributed by atoms with E-state index in [0.29, 0.717) is 11.3 Å². The quantitative estimate of drug-likeness (QED) is 0.910. The van der Waals surface area contributed by atoms with Crippen LogP contribution >= 0.6 is 0 Å². The highest BCUT2D eigenvalue weighted by molar-refractivity contribution is 5.96. The maximum absolute atomic E-state index is 12.6. The van der Waals surface area contributed by atoms with Crippen LogP contribution in [0.3, 0.4) is 0 Å². The first-order chi connectivity index (χ1) is 11.1. The molecule has 0 spiro atoms. The minimum Gasteiger partial charge on any atom is -0.481 e. The number of nitrogens with one attached hydrogen (secondary N) is 1. The van der Waals surface area contributed by atoms with Crippen LogP contribution < -0.4 is 5.32 Å². The Morgan fingerprint density at radius 1 is 1.13 bits per heavy atom. The van der Waals surface area contributed by atoms with Crippen molar-refractivity contribution in [2.24, 2.45) is 0 Å². The molecule has 0 heterocycles. The highest BCUT2D eigenvalue weighted by Crippen LogP contribution is 2.32. The average Bonchev–Trinajstić information content (AvgIpc) is 2.54. The van der Waals surface area contributed by atoms with Crippen LogP contribution in [-0.4, -0.2) is 17.0 Å². The average molecular weight is 309 g/mol. The van der Waals surface area contributed by atoms with Gasteiger partial charge < -0.3 is 10.4 Å². The van der Waals surface area contributed by atoms with Gasteiger partial charge in [0.15, 0.2) is 0 Å². The molecule has 1 unspecified atom stereocenters. The highest BCUT2D eigenvalue weighted by Gasteiger charge is 2.26. The van der Waals surface area contributed by atoms with Crippen molar-refractivity contribution in [1.82, 2.24) is 0 Å². The Labute approximate surface area is 135 Å². The second-order valence-corrected chi connectivity index (χ2v) is 5.90. The predicted octanol–water partition coefficient (Wildman–Crippen LogP) is 3.37. The first kappa shape index (κ1) is 15.3. The third-order valence-corrected chi connectivity index (χ3v) is 4.24. The van der Waals surface area contributed by atoms with Gasteiger partial charge in [0.05, 0.1) is 12.3 Å². The zero-order valence-corrected chi connectivity index (χ0v) is 12.8. The monoisotopic (exact) mass is 309 g/mol. The van der Waals surface area contributed by atoms with Crippen LogP contribution in [0.2, 0.25) is 0 Å². The van der Waals surface area contributed by atoms with Crippen molar-refractivity contribution in [3.05, 3.63) is 65.2 Å². The third-order valence-electron chi connectivity index (χ3n) is 4.24. The van der Waals surface area contributed by atoms with Crippen molar-refractivity contribution in [1.29, 1.82) is 0 Å². The van der Waals surface area contributed by atoms with E-state index in [2.05, 4.69) is 11.4 Å².